The number of rotatable bonds is 8. The van der Waals surface area contributed by atoms with Gasteiger partial charge in [-0.3, -0.25) is 4.79 Å². The number of aliphatic carboxylic acids is 1. The maximum Gasteiger partial charge on any atom is 0.407 e. The van der Waals surface area contributed by atoms with Crippen LogP contribution >= 0.6 is 0 Å². The van der Waals surface area contributed by atoms with Crippen LogP contribution in [0.4, 0.5) is 4.79 Å². The second-order valence-electron chi connectivity index (χ2n) is 8.82. The molecule has 1 saturated carbocycles. The molecule has 2 aliphatic rings. The molecule has 0 heterocycles. The van der Waals surface area contributed by atoms with Crippen molar-refractivity contribution in [2.75, 3.05) is 20.3 Å². The molecule has 2 amide bonds. The molecule has 0 spiro atoms. The molecule has 4 rings (SSSR count). The number of fused-ring (bicyclic) bond motifs is 3. The van der Waals surface area contributed by atoms with Gasteiger partial charge in [0.2, 0.25) is 5.91 Å². The van der Waals surface area contributed by atoms with Crippen LogP contribution in [0.3, 0.4) is 0 Å². The second kappa shape index (κ2) is 10.7. The third-order valence-corrected chi connectivity index (χ3v) is 6.70. The summed E-state index contributed by atoms with van der Waals surface area (Å²) in [6.07, 6.45) is 2.34. The number of methoxy groups -OCH3 is 1. The molecule has 2 aromatic carbocycles. The fraction of sp³-hybridized carbons (Fsp3) is 0.423. The molecule has 2 aliphatic carbocycles. The van der Waals surface area contributed by atoms with E-state index < -0.39 is 36.0 Å². The van der Waals surface area contributed by atoms with Gasteiger partial charge in [-0.15, -0.1) is 0 Å². The summed E-state index contributed by atoms with van der Waals surface area (Å²) in [5.74, 6) is -2.12. The first-order chi connectivity index (χ1) is 16.5. The van der Waals surface area contributed by atoms with E-state index in [9.17, 15) is 19.5 Å². The minimum absolute atomic E-state index is 0.0472. The molecule has 0 radical (unpaired) electrons. The van der Waals surface area contributed by atoms with Crippen molar-refractivity contribution in [2.24, 2.45) is 5.92 Å². The Morgan fingerprint density at radius 3 is 2.24 bits per heavy atom. The number of hydrogen-bond acceptors (Lipinski definition) is 5. The quantitative estimate of drug-likeness (QED) is 0.550. The average Bonchev–Trinajstić information content (AvgIpc) is 3.16. The minimum atomic E-state index is -1.16. The van der Waals surface area contributed by atoms with Gasteiger partial charge in [0.25, 0.3) is 0 Å². The molecule has 180 valence electrons. The second-order valence-corrected chi connectivity index (χ2v) is 8.82. The Balaban J connectivity index is 1.38. The number of hydrogen-bond donors (Lipinski definition) is 3. The zero-order chi connectivity index (χ0) is 24.1. The number of carboxylic acids is 1. The molecule has 34 heavy (non-hydrogen) atoms. The zero-order valence-electron chi connectivity index (χ0n) is 19.2. The summed E-state index contributed by atoms with van der Waals surface area (Å²) in [7, 11) is 1.38. The lowest BCUT2D eigenvalue weighted by Crippen LogP contribution is -2.52. The molecule has 0 bridgehead atoms. The van der Waals surface area contributed by atoms with Crippen LogP contribution in [0.1, 0.15) is 42.7 Å². The van der Waals surface area contributed by atoms with Crippen LogP contribution in [-0.4, -0.2) is 55.5 Å². The third-order valence-electron chi connectivity index (χ3n) is 6.70. The van der Waals surface area contributed by atoms with Gasteiger partial charge in [-0.05, 0) is 35.1 Å². The van der Waals surface area contributed by atoms with E-state index in [1.54, 1.807) is 0 Å². The summed E-state index contributed by atoms with van der Waals surface area (Å²) in [4.78, 5) is 36.9. The SMILES string of the molecule is COC[C@H](NC(=O)[C@H]1CCCC[C@H]1NC(=O)OCC1c2ccccc2-c2ccccc21)C(=O)O. The van der Waals surface area contributed by atoms with Gasteiger partial charge in [-0.1, -0.05) is 61.4 Å². The van der Waals surface area contributed by atoms with Gasteiger partial charge >= 0.3 is 12.1 Å². The van der Waals surface area contributed by atoms with E-state index in [4.69, 9.17) is 9.47 Å². The highest BCUT2D eigenvalue weighted by Crippen LogP contribution is 2.44. The molecule has 0 aliphatic heterocycles. The van der Waals surface area contributed by atoms with Crippen LogP contribution in [0.2, 0.25) is 0 Å². The smallest absolute Gasteiger partial charge is 0.407 e. The molecule has 0 saturated heterocycles. The number of ether oxygens (including phenoxy) is 2. The zero-order valence-corrected chi connectivity index (χ0v) is 19.2. The van der Waals surface area contributed by atoms with Gasteiger partial charge in [0.05, 0.1) is 12.5 Å². The Labute approximate surface area is 198 Å². The summed E-state index contributed by atoms with van der Waals surface area (Å²) >= 11 is 0. The van der Waals surface area contributed by atoms with Crippen molar-refractivity contribution in [3.05, 3.63) is 59.7 Å². The average molecular weight is 467 g/mol. The predicted octanol–water partition coefficient (Wildman–Crippen LogP) is 3.30. The van der Waals surface area contributed by atoms with Gasteiger partial charge in [0.15, 0.2) is 6.04 Å². The van der Waals surface area contributed by atoms with Crippen molar-refractivity contribution in [3.8, 4) is 11.1 Å². The number of carbonyl (C=O) groups is 3. The number of nitrogens with one attached hydrogen (secondary N) is 2. The number of carbonyl (C=O) groups excluding carboxylic acids is 2. The Morgan fingerprint density at radius 1 is 1.00 bits per heavy atom. The Morgan fingerprint density at radius 2 is 1.62 bits per heavy atom. The number of amides is 2. The number of benzene rings is 2. The van der Waals surface area contributed by atoms with Gasteiger partial charge < -0.3 is 25.2 Å². The summed E-state index contributed by atoms with van der Waals surface area (Å²) in [6, 6.07) is 14.7. The molecule has 0 unspecified atom stereocenters. The van der Waals surface area contributed by atoms with Crippen molar-refractivity contribution in [1.29, 1.82) is 0 Å². The van der Waals surface area contributed by atoms with Gasteiger partial charge in [0.1, 0.15) is 6.61 Å². The van der Waals surface area contributed by atoms with E-state index in [1.165, 1.54) is 7.11 Å². The first kappa shape index (κ1) is 23.8. The molecule has 8 heteroatoms. The lowest BCUT2D eigenvalue weighted by atomic mass is 9.83. The number of alkyl carbamates (subject to hydrolysis) is 1. The molecule has 8 nitrogen and oxygen atoms in total. The first-order valence-corrected chi connectivity index (χ1v) is 11.6. The van der Waals surface area contributed by atoms with Crippen LogP contribution in [0, 0.1) is 5.92 Å². The summed E-state index contributed by atoms with van der Waals surface area (Å²) in [5.41, 5.74) is 4.56. The van der Waals surface area contributed by atoms with Crippen molar-refractivity contribution >= 4 is 18.0 Å². The van der Waals surface area contributed by atoms with E-state index >= 15 is 0 Å². The standard InChI is InChI=1S/C26H30N2O6/c1-33-15-23(25(30)31)27-24(29)20-12-6-7-13-22(20)28-26(32)34-14-21-18-10-4-2-8-16(18)17-9-3-5-11-19(17)21/h2-5,8-11,20-23H,6-7,12-15H2,1H3,(H,27,29)(H,28,32)(H,30,31)/t20-,22+,23-/m0/s1. The molecular formula is C26H30N2O6. The maximum atomic E-state index is 12.8. The monoisotopic (exact) mass is 466 g/mol. The normalized spacial score (nSPS) is 20.0. The highest BCUT2D eigenvalue weighted by molar-refractivity contribution is 5.86. The van der Waals surface area contributed by atoms with Crippen molar-refractivity contribution in [1.82, 2.24) is 10.6 Å². The molecule has 2 aromatic rings. The fourth-order valence-corrected chi connectivity index (χ4v) is 5.03. The van der Waals surface area contributed by atoms with Crippen molar-refractivity contribution in [3.63, 3.8) is 0 Å². The third kappa shape index (κ3) is 5.07. The first-order valence-electron chi connectivity index (χ1n) is 11.6. The van der Waals surface area contributed by atoms with Crippen LogP contribution in [-0.2, 0) is 19.1 Å². The fourth-order valence-electron chi connectivity index (χ4n) is 5.03. The molecule has 3 atom stereocenters. The highest BCUT2D eigenvalue weighted by Gasteiger charge is 2.35. The van der Waals surface area contributed by atoms with Crippen molar-refractivity contribution in [2.45, 2.75) is 43.7 Å². The van der Waals surface area contributed by atoms with E-state index in [0.29, 0.717) is 12.8 Å². The Bertz CT molecular complexity index is 1010. The van der Waals surface area contributed by atoms with Crippen molar-refractivity contribution < 1.29 is 29.0 Å². The van der Waals surface area contributed by atoms with E-state index in [2.05, 4.69) is 34.9 Å². The molecule has 3 N–H and O–H groups in total. The summed E-state index contributed by atoms with van der Waals surface area (Å²) < 4.78 is 10.5. The lowest BCUT2D eigenvalue weighted by molar-refractivity contribution is -0.144. The number of carboxylic acid groups (broad SMARTS) is 1. The molecule has 0 aromatic heterocycles. The van der Waals surface area contributed by atoms with E-state index in [0.717, 1.165) is 35.1 Å². The summed E-state index contributed by atoms with van der Waals surface area (Å²) in [6.45, 7) is 0.0661. The van der Waals surface area contributed by atoms with Gasteiger partial charge in [-0.25, -0.2) is 9.59 Å². The van der Waals surface area contributed by atoms with Gasteiger partial charge in [0, 0.05) is 19.1 Å². The Kier molecular flexibility index (Phi) is 7.47. The highest BCUT2D eigenvalue weighted by atomic mass is 16.5. The summed E-state index contributed by atoms with van der Waals surface area (Å²) in [5, 5.41) is 14.7. The predicted molar refractivity (Wildman–Crippen MR) is 125 cm³/mol. The van der Waals surface area contributed by atoms with E-state index in [-0.39, 0.29) is 19.1 Å². The maximum absolute atomic E-state index is 12.8. The largest absolute Gasteiger partial charge is 0.480 e. The van der Waals surface area contributed by atoms with Crippen LogP contribution in [0.5, 0.6) is 0 Å². The minimum Gasteiger partial charge on any atom is -0.480 e. The van der Waals surface area contributed by atoms with Crippen LogP contribution in [0.15, 0.2) is 48.5 Å². The van der Waals surface area contributed by atoms with Crippen LogP contribution < -0.4 is 10.6 Å². The molecular weight excluding hydrogens is 436 g/mol. The van der Waals surface area contributed by atoms with Gasteiger partial charge in [-0.2, -0.15) is 0 Å². The topological polar surface area (TPSA) is 114 Å². The molecule has 1 fully saturated rings. The Hall–Kier alpha value is -3.39. The lowest BCUT2D eigenvalue weighted by Gasteiger charge is -2.31. The van der Waals surface area contributed by atoms with E-state index in [1.807, 2.05) is 24.3 Å². The van der Waals surface area contributed by atoms with Crippen LogP contribution in [0.25, 0.3) is 11.1 Å².